The van der Waals surface area contributed by atoms with E-state index in [1.54, 1.807) is 0 Å². The molecule has 1 amide bonds. The Labute approximate surface area is 176 Å². The number of aliphatic hydroxyl groups excluding tert-OH is 1. The summed E-state index contributed by atoms with van der Waals surface area (Å²) in [5.41, 5.74) is 8.13. The molecule has 0 bridgehead atoms. The van der Waals surface area contributed by atoms with E-state index >= 15 is 0 Å². The molecule has 0 spiro atoms. The Bertz CT molecular complexity index is 797. The Morgan fingerprint density at radius 2 is 1.80 bits per heavy atom. The molecular formula is C23H31F2N3O2. The van der Waals surface area contributed by atoms with Crippen LogP contribution in [-0.4, -0.2) is 36.2 Å². The van der Waals surface area contributed by atoms with E-state index in [0.717, 1.165) is 18.1 Å². The number of aliphatic hydroxyl groups is 1. The van der Waals surface area contributed by atoms with Crippen LogP contribution < -0.4 is 16.4 Å². The van der Waals surface area contributed by atoms with Crippen molar-refractivity contribution in [1.29, 1.82) is 0 Å². The van der Waals surface area contributed by atoms with E-state index in [4.69, 9.17) is 5.73 Å². The lowest BCUT2D eigenvalue weighted by molar-refractivity contribution is -0.122. The molecule has 7 heteroatoms. The molecule has 0 heterocycles. The van der Waals surface area contributed by atoms with Gasteiger partial charge in [-0.25, -0.2) is 8.78 Å². The van der Waals surface area contributed by atoms with Gasteiger partial charge in [0.2, 0.25) is 5.91 Å². The zero-order chi connectivity index (χ0) is 21.9. The van der Waals surface area contributed by atoms with Crippen LogP contribution in [0.1, 0.15) is 36.5 Å². The second-order valence-corrected chi connectivity index (χ2v) is 7.42. The van der Waals surface area contributed by atoms with Crippen molar-refractivity contribution in [3.05, 3.63) is 70.8 Å². The fourth-order valence-electron chi connectivity index (χ4n) is 3.27. The molecular weight excluding hydrogens is 388 g/mol. The van der Waals surface area contributed by atoms with Gasteiger partial charge in [0.25, 0.3) is 0 Å². The number of nitrogens with one attached hydrogen (secondary N) is 2. The number of halogens is 2. The molecule has 0 radical (unpaired) electrons. The second-order valence-electron chi connectivity index (χ2n) is 7.42. The number of nitrogens with two attached hydrogens (primary N) is 1. The Balaban J connectivity index is 2.00. The van der Waals surface area contributed by atoms with Crippen molar-refractivity contribution in [3.63, 3.8) is 0 Å². The molecule has 0 aliphatic rings. The van der Waals surface area contributed by atoms with Gasteiger partial charge in [0.1, 0.15) is 11.6 Å². The lowest BCUT2D eigenvalue weighted by Gasteiger charge is -2.25. The molecule has 2 rings (SSSR count). The Morgan fingerprint density at radius 3 is 2.47 bits per heavy atom. The zero-order valence-corrected chi connectivity index (χ0v) is 17.3. The fraction of sp³-hybridized carbons (Fsp3) is 0.435. The molecule has 2 atom stereocenters. The van der Waals surface area contributed by atoms with E-state index in [2.05, 4.69) is 29.7 Å². The number of carbonyl (C=O) groups excluding carboxylic acids is 1. The van der Waals surface area contributed by atoms with Gasteiger partial charge in [-0.3, -0.25) is 4.79 Å². The van der Waals surface area contributed by atoms with E-state index in [1.807, 2.05) is 12.1 Å². The third-order valence-corrected chi connectivity index (χ3v) is 4.88. The van der Waals surface area contributed by atoms with Crippen molar-refractivity contribution < 1.29 is 18.7 Å². The first-order valence-corrected chi connectivity index (χ1v) is 10.3. The number of rotatable bonds is 12. The van der Waals surface area contributed by atoms with Crippen molar-refractivity contribution >= 4 is 5.91 Å². The SMILES string of the molecule is CCc1cccc(CNC[C@@H](O)[C@H](Cc2cc(F)cc(F)c2)NC(=O)CCCN)c1. The maximum Gasteiger partial charge on any atom is 0.220 e. The summed E-state index contributed by atoms with van der Waals surface area (Å²) in [6, 6.07) is 10.7. The van der Waals surface area contributed by atoms with Gasteiger partial charge in [-0.2, -0.15) is 0 Å². The first-order valence-electron chi connectivity index (χ1n) is 10.3. The van der Waals surface area contributed by atoms with Crippen molar-refractivity contribution in [2.45, 2.75) is 51.3 Å². The van der Waals surface area contributed by atoms with Gasteiger partial charge in [0, 0.05) is 25.6 Å². The number of amides is 1. The molecule has 0 aliphatic heterocycles. The predicted octanol–water partition coefficient (Wildman–Crippen LogP) is 2.44. The quantitative estimate of drug-likeness (QED) is 0.426. The topological polar surface area (TPSA) is 87.4 Å². The molecule has 164 valence electrons. The van der Waals surface area contributed by atoms with Crippen LogP contribution in [0.15, 0.2) is 42.5 Å². The van der Waals surface area contributed by atoms with E-state index in [0.29, 0.717) is 25.1 Å². The van der Waals surface area contributed by atoms with Crippen LogP contribution in [0, 0.1) is 11.6 Å². The summed E-state index contributed by atoms with van der Waals surface area (Å²) in [5.74, 6) is -1.64. The van der Waals surface area contributed by atoms with Gasteiger partial charge in [0.05, 0.1) is 12.1 Å². The Kier molecular flexibility index (Phi) is 9.86. The summed E-state index contributed by atoms with van der Waals surface area (Å²) in [4.78, 5) is 12.2. The summed E-state index contributed by atoms with van der Waals surface area (Å²) in [7, 11) is 0. The molecule has 0 aromatic heterocycles. The first-order chi connectivity index (χ1) is 14.4. The number of carbonyl (C=O) groups is 1. The van der Waals surface area contributed by atoms with E-state index < -0.39 is 23.8 Å². The maximum atomic E-state index is 13.5. The van der Waals surface area contributed by atoms with Crippen LogP contribution in [0.3, 0.4) is 0 Å². The second kappa shape index (κ2) is 12.4. The highest BCUT2D eigenvalue weighted by atomic mass is 19.1. The molecule has 0 unspecified atom stereocenters. The highest BCUT2D eigenvalue weighted by Crippen LogP contribution is 2.12. The minimum Gasteiger partial charge on any atom is -0.390 e. The number of aryl methyl sites for hydroxylation is 1. The first kappa shape index (κ1) is 23.9. The highest BCUT2D eigenvalue weighted by Gasteiger charge is 2.22. The minimum atomic E-state index is -0.937. The average molecular weight is 420 g/mol. The predicted molar refractivity (Wildman–Crippen MR) is 114 cm³/mol. The summed E-state index contributed by atoms with van der Waals surface area (Å²) in [6.07, 6.45) is 0.867. The average Bonchev–Trinajstić information content (AvgIpc) is 2.71. The summed E-state index contributed by atoms with van der Waals surface area (Å²) in [6.45, 7) is 3.25. The smallest absolute Gasteiger partial charge is 0.220 e. The van der Waals surface area contributed by atoms with Crippen LogP contribution in [0.4, 0.5) is 8.78 Å². The summed E-state index contributed by atoms with van der Waals surface area (Å²) < 4.78 is 27.1. The molecule has 0 fully saturated rings. The highest BCUT2D eigenvalue weighted by molar-refractivity contribution is 5.76. The van der Waals surface area contributed by atoms with E-state index in [1.165, 1.54) is 17.7 Å². The van der Waals surface area contributed by atoms with Crippen LogP contribution in [0.5, 0.6) is 0 Å². The largest absolute Gasteiger partial charge is 0.390 e. The van der Waals surface area contributed by atoms with Gasteiger partial charge in [-0.15, -0.1) is 0 Å². The number of hydrogen-bond acceptors (Lipinski definition) is 4. The monoisotopic (exact) mass is 419 g/mol. The summed E-state index contributed by atoms with van der Waals surface area (Å²) in [5, 5.41) is 16.6. The molecule has 0 aliphatic carbocycles. The van der Waals surface area contributed by atoms with Crippen LogP contribution in [-0.2, 0) is 24.2 Å². The number of benzene rings is 2. The van der Waals surface area contributed by atoms with Crippen molar-refractivity contribution in [3.8, 4) is 0 Å². The zero-order valence-electron chi connectivity index (χ0n) is 17.3. The molecule has 0 saturated heterocycles. The molecule has 5 nitrogen and oxygen atoms in total. The molecule has 2 aromatic rings. The lowest BCUT2D eigenvalue weighted by Crippen LogP contribution is -2.48. The van der Waals surface area contributed by atoms with Gasteiger partial charge in [-0.1, -0.05) is 31.2 Å². The number of hydrogen-bond donors (Lipinski definition) is 4. The van der Waals surface area contributed by atoms with E-state index in [9.17, 15) is 18.7 Å². The standard InChI is InChI=1S/C23H31F2N3O2/c1-2-16-5-3-6-17(9-16)14-27-15-22(29)21(28-23(30)7-4-8-26)12-18-10-19(24)13-20(25)11-18/h3,5-6,9-11,13,21-22,27,29H,2,4,7-8,12,14-15,26H2,1H3,(H,28,30)/t21-,22+/m0/s1. The summed E-state index contributed by atoms with van der Waals surface area (Å²) >= 11 is 0. The molecule has 5 N–H and O–H groups in total. The van der Waals surface area contributed by atoms with Crippen molar-refractivity contribution in [2.24, 2.45) is 5.73 Å². The normalized spacial score (nSPS) is 13.1. The van der Waals surface area contributed by atoms with Gasteiger partial charge >= 0.3 is 0 Å². The lowest BCUT2D eigenvalue weighted by atomic mass is 10.00. The minimum absolute atomic E-state index is 0.108. The third-order valence-electron chi connectivity index (χ3n) is 4.88. The molecule has 2 aromatic carbocycles. The fourth-order valence-corrected chi connectivity index (χ4v) is 3.27. The molecule has 30 heavy (non-hydrogen) atoms. The van der Waals surface area contributed by atoms with Gasteiger partial charge < -0.3 is 21.5 Å². The van der Waals surface area contributed by atoms with Crippen LogP contribution >= 0.6 is 0 Å². The van der Waals surface area contributed by atoms with Crippen LogP contribution in [0.25, 0.3) is 0 Å². The Hall–Kier alpha value is -2.35. The maximum absolute atomic E-state index is 13.5. The van der Waals surface area contributed by atoms with Gasteiger partial charge in [0.15, 0.2) is 0 Å². The van der Waals surface area contributed by atoms with Crippen LogP contribution in [0.2, 0.25) is 0 Å². The van der Waals surface area contributed by atoms with E-state index in [-0.39, 0.29) is 25.3 Å². The van der Waals surface area contributed by atoms with Gasteiger partial charge in [-0.05, 0) is 54.6 Å². The molecule has 0 saturated carbocycles. The Morgan fingerprint density at radius 1 is 1.10 bits per heavy atom. The van der Waals surface area contributed by atoms with Crippen molar-refractivity contribution in [1.82, 2.24) is 10.6 Å². The third kappa shape index (κ3) is 8.18. The van der Waals surface area contributed by atoms with Crippen molar-refractivity contribution in [2.75, 3.05) is 13.1 Å².